The third-order valence-electron chi connectivity index (χ3n) is 2.20. The second-order valence-corrected chi connectivity index (χ2v) is 9.46. The molecule has 0 saturated heterocycles. The smallest absolute Gasteiger partial charge is 0.240 e. The summed E-state index contributed by atoms with van der Waals surface area (Å²) < 4.78 is 43.8. The highest BCUT2D eigenvalue weighted by Crippen LogP contribution is 2.34. The van der Waals surface area contributed by atoms with Gasteiger partial charge in [-0.1, -0.05) is 34.8 Å². The summed E-state index contributed by atoms with van der Waals surface area (Å²) in [6, 6.07) is 1.78. The van der Waals surface area contributed by atoms with Crippen LogP contribution in [0.4, 0.5) is 5.69 Å². The van der Waals surface area contributed by atoms with Crippen LogP contribution in [0.2, 0.25) is 0 Å². The lowest BCUT2D eigenvalue weighted by Gasteiger charge is -2.16. The summed E-state index contributed by atoms with van der Waals surface area (Å²) in [6.45, 7) is 0. The van der Waals surface area contributed by atoms with Gasteiger partial charge in [0.25, 0.3) is 0 Å². The van der Waals surface area contributed by atoms with E-state index in [0.29, 0.717) is 0 Å². The first kappa shape index (κ1) is 17.8. The molecule has 0 aromatic heterocycles. The topological polar surface area (TPSA) is 146 Å². The van der Waals surface area contributed by atoms with Gasteiger partial charge in [0.2, 0.25) is 20.0 Å². The normalized spacial score (nSPS) is 13.4. The standard InChI is InChI=1S/C8H10Cl3N3O4S2/c9-8(10,11)3-4-1-5(12)7(20(14,17)18)2-6(4)19(13,15)16/h1-2H,3,12H2,(H2,13,15,16)(H2,14,17,18). The molecule has 7 nitrogen and oxygen atoms in total. The summed E-state index contributed by atoms with van der Waals surface area (Å²) in [6.07, 6.45) is -0.335. The van der Waals surface area contributed by atoms with Crippen molar-refractivity contribution in [3.8, 4) is 0 Å². The van der Waals surface area contributed by atoms with Crippen molar-refractivity contribution in [3.05, 3.63) is 17.7 Å². The molecule has 1 aromatic carbocycles. The van der Waals surface area contributed by atoms with Crippen LogP contribution in [0.5, 0.6) is 0 Å². The zero-order valence-corrected chi connectivity index (χ0v) is 13.6. The van der Waals surface area contributed by atoms with E-state index in [2.05, 4.69) is 0 Å². The zero-order valence-electron chi connectivity index (χ0n) is 9.68. The van der Waals surface area contributed by atoms with E-state index in [1.165, 1.54) is 0 Å². The first-order chi connectivity index (χ1) is 8.72. The lowest BCUT2D eigenvalue weighted by molar-refractivity contribution is 0.595. The molecule has 114 valence electrons. The van der Waals surface area contributed by atoms with Crippen LogP contribution in [0.15, 0.2) is 21.9 Å². The van der Waals surface area contributed by atoms with Gasteiger partial charge in [-0.25, -0.2) is 27.1 Å². The molecular weight excluding hydrogens is 373 g/mol. The van der Waals surface area contributed by atoms with Crippen molar-refractivity contribution in [1.29, 1.82) is 0 Å². The Balaban J connectivity index is 3.67. The Morgan fingerprint density at radius 1 is 0.950 bits per heavy atom. The molecule has 0 aliphatic rings. The molecule has 0 atom stereocenters. The Morgan fingerprint density at radius 3 is 1.75 bits per heavy atom. The molecule has 0 aliphatic heterocycles. The van der Waals surface area contributed by atoms with E-state index in [-0.39, 0.29) is 17.7 Å². The SMILES string of the molecule is Nc1cc(CC(Cl)(Cl)Cl)c(S(N)(=O)=O)cc1S(N)(=O)=O. The number of hydrogen-bond donors (Lipinski definition) is 3. The average molecular weight is 383 g/mol. The van der Waals surface area contributed by atoms with Gasteiger partial charge in [-0.2, -0.15) is 0 Å². The second kappa shape index (κ2) is 5.48. The Morgan fingerprint density at radius 2 is 1.40 bits per heavy atom. The lowest BCUT2D eigenvalue weighted by Crippen LogP contribution is -2.21. The van der Waals surface area contributed by atoms with Crippen molar-refractivity contribution >= 4 is 60.5 Å². The van der Waals surface area contributed by atoms with Crippen LogP contribution >= 0.6 is 34.8 Å². The van der Waals surface area contributed by atoms with Crippen molar-refractivity contribution in [2.75, 3.05) is 5.73 Å². The fourth-order valence-corrected chi connectivity index (χ4v) is 3.45. The quantitative estimate of drug-likeness (QED) is 0.514. The number of hydrogen-bond acceptors (Lipinski definition) is 5. The molecule has 0 amide bonds. The number of primary sulfonamides is 2. The largest absolute Gasteiger partial charge is 0.398 e. The number of alkyl halides is 3. The Hall–Kier alpha value is -0.290. The Bertz CT molecular complexity index is 741. The predicted molar refractivity (Wildman–Crippen MR) is 77.6 cm³/mol. The molecule has 20 heavy (non-hydrogen) atoms. The molecule has 0 heterocycles. The molecule has 0 saturated carbocycles. The van der Waals surface area contributed by atoms with Crippen LogP contribution in [0.1, 0.15) is 5.56 Å². The van der Waals surface area contributed by atoms with E-state index < -0.39 is 33.6 Å². The molecule has 6 N–H and O–H groups in total. The van der Waals surface area contributed by atoms with Crippen molar-refractivity contribution in [2.45, 2.75) is 20.0 Å². The molecule has 0 spiro atoms. The highest BCUT2D eigenvalue weighted by molar-refractivity contribution is 7.90. The van der Waals surface area contributed by atoms with Crippen molar-refractivity contribution < 1.29 is 16.8 Å². The number of benzene rings is 1. The molecule has 0 bridgehead atoms. The van der Waals surface area contributed by atoms with Gasteiger partial charge < -0.3 is 5.73 Å². The van der Waals surface area contributed by atoms with Crippen LogP contribution in [-0.4, -0.2) is 20.6 Å². The number of sulfonamides is 2. The van der Waals surface area contributed by atoms with Crippen molar-refractivity contribution in [1.82, 2.24) is 0 Å². The minimum atomic E-state index is -4.26. The lowest BCUT2D eigenvalue weighted by atomic mass is 10.1. The van der Waals surface area contributed by atoms with Crippen molar-refractivity contribution in [2.24, 2.45) is 10.3 Å². The maximum Gasteiger partial charge on any atom is 0.240 e. The first-order valence-corrected chi connectivity index (χ1v) is 8.99. The summed E-state index contributed by atoms with van der Waals surface area (Å²) in [4.78, 5) is -1.10. The van der Waals surface area contributed by atoms with Crippen molar-refractivity contribution in [3.63, 3.8) is 0 Å². The van der Waals surface area contributed by atoms with Crippen LogP contribution in [0.25, 0.3) is 0 Å². The minimum Gasteiger partial charge on any atom is -0.398 e. The fourth-order valence-electron chi connectivity index (χ4n) is 1.49. The zero-order chi connectivity index (χ0) is 15.9. The van der Waals surface area contributed by atoms with Crippen LogP contribution in [0.3, 0.4) is 0 Å². The second-order valence-electron chi connectivity index (χ2n) is 3.88. The molecule has 0 unspecified atom stereocenters. The minimum absolute atomic E-state index is 0.0302. The summed E-state index contributed by atoms with van der Waals surface area (Å²) in [5.41, 5.74) is 5.21. The number of nitrogens with two attached hydrogens (primary N) is 3. The van der Waals surface area contributed by atoms with E-state index in [1.54, 1.807) is 0 Å². The summed E-state index contributed by atoms with van der Waals surface area (Å²) in [5, 5.41) is 9.93. The van der Waals surface area contributed by atoms with E-state index in [0.717, 1.165) is 12.1 Å². The van der Waals surface area contributed by atoms with Gasteiger partial charge in [0.05, 0.1) is 10.6 Å². The summed E-state index contributed by atoms with van der Waals surface area (Å²) in [5.74, 6) is 0. The maximum atomic E-state index is 11.5. The molecular formula is C8H10Cl3N3O4S2. The number of nitrogen functional groups attached to an aromatic ring is 1. The van der Waals surface area contributed by atoms with Gasteiger partial charge in [0.1, 0.15) is 4.90 Å². The van der Waals surface area contributed by atoms with Gasteiger partial charge >= 0.3 is 0 Å². The van der Waals surface area contributed by atoms with Gasteiger partial charge in [-0.15, -0.1) is 0 Å². The van der Waals surface area contributed by atoms with Gasteiger partial charge in [-0.05, 0) is 17.7 Å². The van der Waals surface area contributed by atoms with E-state index in [1.807, 2.05) is 0 Å². The highest BCUT2D eigenvalue weighted by atomic mass is 35.6. The van der Waals surface area contributed by atoms with Crippen LogP contribution in [0, 0.1) is 0 Å². The number of halogens is 3. The molecule has 0 fully saturated rings. The average Bonchev–Trinajstić information content (AvgIpc) is 2.09. The maximum absolute atomic E-state index is 11.5. The van der Waals surface area contributed by atoms with E-state index in [9.17, 15) is 16.8 Å². The third-order valence-corrected chi connectivity index (χ3v) is 4.56. The van der Waals surface area contributed by atoms with E-state index >= 15 is 0 Å². The summed E-state index contributed by atoms with van der Waals surface area (Å²) >= 11 is 16.7. The Labute approximate surface area is 131 Å². The number of anilines is 1. The first-order valence-electron chi connectivity index (χ1n) is 4.76. The number of rotatable bonds is 3. The highest BCUT2D eigenvalue weighted by Gasteiger charge is 2.27. The molecule has 12 heteroatoms. The molecule has 1 rings (SSSR count). The third kappa shape index (κ3) is 4.62. The van der Waals surface area contributed by atoms with Crippen LogP contribution in [-0.2, 0) is 26.5 Å². The van der Waals surface area contributed by atoms with Crippen LogP contribution < -0.4 is 16.0 Å². The van der Waals surface area contributed by atoms with Gasteiger partial charge in [0, 0.05) is 6.42 Å². The Kier molecular flexibility index (Phi) is 4.87. The molecule has 0 aliphatic carbocycles. The molecule has 1 aromatic rings. The van der Waals surface area contributed by atoms with E-state index in [4.69, 9.17) is 50.8 Å². The predicted octanol–water partition coefficient (Wildman–Crippen LogP) is 0.476. The monoisotopic (exact) mass is 381 g/mol. The fraction of sp³-hybridized carbons (Fsp3) is 0.250. The summed E-state index contributed by atoms with van der Waals surface area (Å²) in [7, 11) is -8.48. The van der Waals surface area contributed by atoms with Gasteiger partial charge in [-0.3, -0.25) is 0 Å². The molecule has 0 radical (unpaired) electrons. The van der Waals surface area contributed by atoms with Gasteiger partial charge in [0.15, 0.2) is 3.79 Å².